The molecule has 0 aromatic rings. The third-order valence-corrected chi connectivity index (χ3v) is 4.76. The van der Waals surface area contributed by atoms with Crippen molar-refractivity contribution in [2.75, 3.05) is 26.2 Å². The summed E-state index contributed by atoms with van der Waals surface area (Å²) in [5.74, 6) is -3.30. The van der Waals surface area contributed by atoms with Crippen LogP contribution < -0.4 is 34.4 Å². The van der Waals surface area contributed by atoms with Crippen molar-refractivity contribution >= 4 is 73.5 Å². The summed E-state index contributed by atoms with van der Waals surface area (Å²) in [5, 5.41) is 33.0. The van der Waals surface area contributed by atoms with Gasteiger partial charge in [-0.05, 0) is 77.5 Å². The second-order valence-electron chi connectivity index (χ2n) is 8.44. The fourth-order valence-electron chi connectivity index (χ4n) is 2.46. The molecule has 0 rings (SSSR count). The fourth-order valence-corrected chi connectivity index (χ4v) is 2.46. The predicted molar refractivity (Wildman–Crippen MR) is 176 cm³/mol. The standard InChI is InChI=1S/2C6H14N2O2.2C6H13NO2.4ClH.Zn/c2*7-4-2-1-3-5(8)6(9)10;2*7-5-3-1-2-4-6(8)9;;;;;/h2*5H,1-4,7-8H2,(H,9,10);2*1-5,7H2,(H,8,9);4*1H;. The van der Waals surface area contributed by atoms with Crippen LogP contribution in [0.4, 0.5) is 0 Å². The fraction of sp³-hybridized carbons (Fsp3) is 0.833. The zero-order valence-electron chi connectivity index (χ0n) is 25.1. The maximum Gasteiger partial charge on any atom is 0.320 e. The van der Waals surface area contributed by atoms with Crippen LogP contribution in [0.5, 0.6) is 0 Å². The van der Waals surface area contributed by atoms with Crippen LogP contribution in [0.2, 0.25) is 0 Å². The molecule has 0 amide bonds. The van der Waals surface area contributed by atoms with Crippen LogP contribution >= 0.6 is 49.6 Å². The summed E-state index contributed by atoms with van der Waals surface area (Å²) in [6.07, 6.45) is 10.1. The molecule has 0 saturated carbocycles. The number of halogens is 4. The Bertz CT molecular complexity index is 548. The predicted octanol–water partition coefficient (Wildman–Crippen LogP) is 1.92. The molecule has 0 aliphatic carbocycles. The van der Waals surface area contributed by atoms with E-state index in [2.05, 4.69) is 0 Å². The third-order valence-electron chi connectivity index (χ3n) is 4.76. The molecule has 43 heavy (non-hydrogen) atoms. The van der Waals surface area contributed by atoms with Crippen LogP contribution in [0.1, 0.15) is 89.9 Å². The van der Waals surface area contributed by atoms with Crippen LogP contribution in [0, 0.1) is 0 Å². The minimum absolute atomic E-state index is 0. The number of nitrogens with two attached hydrogens (primary N) is 6. The number of rotatable bonds is 20. The number of aliphatic carboxylic acids is 4. The van der Waals surface area contributed by atoms with Gasteiger partial charge in [-0.25, -0.2) is 0 Å². The van der Waals surface area contributed by atoms with Crippen molar-refractivity contribution in [3.8, 4) is 0 Å². The van der Waals surface area contributed by atoms with Crippen LogP contribution in [0.3, 0.4) is 0 Å². The molecule has 0 aromatic carbocycles. The molecular formula is C24H58Cl4N6O8Zn. The van der Waals surface area contributed by atoms with Crippen molar-refractivity contribution in [1.29, 1.82) is 0 Å². The minimum Gasteiger partial charge on any atom is -0.481 e. The van der Waals surface area contributed by atoms with Crippen molar-refractivity contribution in [3.05, 3.63) is 0 Å². The van der Waals surface area contributed by atoms with Crippen molar-refractivity contribution in [2.24, 2.45) is 34.4 Å². The second-order valence-corrected chi connectivity index (χ2v) is 8.44. The van der Waals surface area contributed by atoms with E-state index >= 15 is 0 Å². The summed E-state index contributed by atoms with van der Waals surface area (Å²) in [4.78, 5) is 40.1. The van der Waals surface area contributed by atoms with Crippen LogP contribution in [-0.4, -0.2) is 82.6 Å². The Morgan fingerprint density at radius 1 is 0.442 bits per heavy atom. The van der Waals surface area contributed by atoms with Gasteiger partial charge >= 0.3 is 23.9 Å². The molecule has 0 aromatic heterocycles. The topological polar surface area (TPSA) is 305 Å². The Kier molecular flexibility index (Phi) is 81.7. The van der Waals surface area contributed by atoms with Crippen molar-refractivity contribution in [2.45, 2.75) is 102 Å². The quantitative estimate of drug-likeness (QED) is 0.0626. The number of hydrogen-bond donors (Lipinski definition) is 10. The van der Waals surface area contributed by atoms with E-state index in [-0.39, 0.29) is 81.9 Å². The van der Waals surface area contributed by atoms with Gasteiger partial charge in [-0.15, -0.1) is 49.6 Å². The average molecular weight is 766 g/mol. The summed E-state index contributed by atoms with van der Waals surface area (Å²) < 4.78 is 0. The molecule has 0 spiro atoms. The van der Waals surface area contributed by atoms with E-state index in [1.165, 1.54) is 0 Å². The molecule has 2 atom stereocenters. The zero-order chi connectivity index (χ0) is 30.2. The molecule has 0 radical (unpaired) electrons. The Balaban J connectivity index is -0.0000000494. The maximum atomic E-state index is 10.1. The Labute approximate surface area is 294 Å². The van der Waals surface area contributed by atoms with Gasteiger partial charge in [0.15, 0.2) is 0 Å². The van der Waals surface area contributed by atoms with Crippen LogP contribution in [0.25, 0.3) is 0 Å². The summed E-state index contributed by atoms with van der Waals surface area (Å²) in [7, 11) is 0. The number of hydrogen-bond acceptors (Lipinski definition) is 10. The van der Waals surface area contributed by atoms with E-state index in [1.54, 1.807) is 0 Å². The first-order chi connectivity index (χ1) is 17.9. The van der Waals surface area contributed by atoms with Crippen molar-refractivity contribution in [3.63, 3.8) is 0 Å². The van der Waals surface area contributed by atoms with Gasteiger partial charge in [0.25, 0.3) is 0 Å². The molecule has 0 fully saturated rings. The molecule has 2 unspecified atom stereocenters. The van der Waals surface area contributed by atoms with E-state index in [0.29, 0.717) is 39.0 Å². The summed E-state index contributed by atoms with van der Waals surface area (Å²) >= 11 is 0. The van der Waals surface area contributed by atoms with Gasteiger partial charge in [0.2, 0.25) is 0 Å². The minimum atomic E-state index is -0.933. The summed E-state index contributed by atoms with van der Waals surface area (Å²) in [5.41, 5.74) is 31.2. The van der Waals surface area contributed by atoms with E-state index in [9.17, 15) is 19.2 Å². The van der Waals surface area contributed by atoms with Crippen LogP contribution in [-0.2, 0) is 38.7 Å². The molecule has 262 valence electrons. The van der Waals surface area contributed by atoms with Gasteiger partial charge in [0.05, 0.1) is 0 Å². The molecule has 19 heteroatoms. The van der Waals surface area contributed by atoms with E-state index in [4.69, 9.17) is 54.8 Å². The second kappa shape index (κ2) is 53.9. The Morgan fingerprint density at radius 3 is 0.860 bits per heavy atom. The molecular weight excluding hydrogens is 708 g/mol. The van der Waals surface area contributed by atoms with Crippen molar-refractivity contribution in [1.82, 2.24) is 0 Å². The van der Waals surface area contributed by atoms with Gasteiger partial charge in [-0.3, -0.25) is 19.2 Å². The Morgan fingerprint density at radius 2 is 0.674 bits per heavy atom. The third kappa shape index (κ3) is 74.4. The summed E-state index contributed by atoms with van der Waals surface area (Å²) in [6, 6.07) is -1.43. The number of carboxylic acid groups (broad SMARTS) is 4. The zero-order valence-corrected chi connectivity index (χ0v) is 31.3. The number of unbranched alkanes of at least 4 members (excludes halogenated alkanes) is 6. The normalized spacial score (nSPS) is 10.0. The first-order valence-corrected chi connectivity index (χ1v) is 13.1. The first-order valence-electron chi connectivity index (χ1n) is 13.1. The maximum absolute atomic E-state index is 10.1. The molecule has 0 heterocycles. The number of carboxylic acids is 4. The average Bonchev–Trinajstić information content (AvgIpc) is 2.85. The summed E-state index contributed by atoms with van der Waals surface area (Å²) in [6.45, 7) is 2.54. The van der Waals surface area contributed by atoms with Gasteiger partial charge in [-0.2, -0.15) is 0 Å². The van der Waals surface area contributed by atoms with E-state index in [1.807, 2.05) is 0 Å². The van der Waals surface area contributed by atoms with Gasteiger partial charge < -0.3 is 54.8 Å². The molecule has 14 nitrogen and oxygen atoms in total. The van der Waals surface area contributed by atoms with Crippen LogP contribution in [0.15, 0.2) is 0 Å². The van der Waals surface area contributed by atoms with E-state index < -0.39 is 36.0 Å². The van der Waals surface area contributed by atoms with Gasteiger partial charge in [0.1, 0.15) is 12.1 Å². The first kappa shape index (κ1) is 65.2. The molecule has 0 aliphatic heterocycles. The largest absolute Gasteiger partial charge is 0.481 e. The van der Waals surface area contributed by atoms with E-state index in [0.717, 1.165) is 64.2 Å². The number of carbonyl (C=O) groups is 4. The molecule has 0 bridgehead atoms. The Hall–Kier alpha value is -0.577. The molecule has 0 aliphatic rings. The molecule has 0 saturated heterocycles. The molecule has 16 N–H and O–H groups in total. The van der Waals surface area contributed by atoms with Gasteiger partial charge in [0, 0.05) is 32.3 Å². The SMILES string of the molecule is Cl.Cl.Cl.Cl.NCCCCC(N)C(=O)O.NCCCCC(N)C(=O)O.NCCCCCC(=O)O.NCCCCCC(=O)O.[Zn]. The smallest absolute Gasteiger partial charge is 0.320 e. The van der Waals surface area contributed by atoms with Crippen molar-refractivity contribution < 1.29 is 59.1 Å². The van der Waals surface area contributed by atoms with Gasteiger partial charge in [-0.1, -0.05) is 25.7 Å². The monoisotopic (exact) mass is 762 g/mol.